The third-order valence-electron chi connectivity index (χ3n) is 5.97. The lowest BCUT2D eigenvalue weighted by molar-refractivity contribution is -0.140. The predicted octanol–water partition coefficient (Wildman–Crippen LogP) is 1.85. The van der Waals surface area contributed by atoms with Gasteiger partial charge in [0.1, 0.15) is 5.41 Å². The zero-order valence-electron chi connectivity index (χ0n) is 14.7. The number of ether oxygens (including phenoxy) is 1. The molecular weight excluding hydrogens is 344 g/mol. The molecule has 2 aliphatic heterocycles. The van der Waals surface area contributed by atoms with E-state index in [2.05, 4.69) is 10.3 Å². The molecule has 0 spiro atoms. The summed E-state index contributed by atoms with van der Waals surface area (Å²) in [6.07, 6.45) is 2.55. The average molecular weight is 365 g/mol. The molecule has 1 N–H and O–H groups in total. The van der Waals surface area contributed by atoms with Gasteiger partial charge in [-0.15, -0.1) is 0 Å². The van der Waals surface area contributed by atoms with E-state index in [1.807, 2.05) is 6.92 Å². The first-order valence-corrected chi connectivity index (χ1v) is 8.73. The van der Waals surface area contributed by atoms with Crippen LogP contribution in [0.4, 0.5) is 14.5 Å². The normalized spacial score (nSPS) is 34.5. The van der Waals surface area contributed by atoms with Crippen molar-refractivity contribution in [3.8, 4) is 0 Å². The number of hydrogen-bond acceptors (Lipinski definition) is 4. The molecule has 2 saturated heterocycles. The molecule has 140 valence electrons. The van der Waals surface area contributed by atoms with Crippen molar-refractivity contribution in [2.45, 2.75) is 32.3 Å². The van der Waals surface area contributed by atoms with Gasteiger partial charge in [0, 0.05) is 31.6 Å². The number of halogens is 2. The molecule has 4 atom stereocenters. The molecule has 3 aliphatic rings. The number of fused-ring (bicyclic) bond motifs is 1. The van der Waals surface area contributed by atoms with Crippen LogP contribution in [-0.2, 0) is 14.3 Å². The van der Waals surface area contributed by atoms with E-state index in [0.29, 0.717) is 5.69 Å². The van der Waals surface area contributed by atoms with Crippen molar-refractivity contribution < 1.29 is 23.1 Å². The number of alkyl halides is 2. The number of hydrogen-bond donors (Lipinski definition) is 1. The van der Waals surface area contributed by atoms with Crippen LogP contribution in [0.2, 0.25) is 0 Å². The number of amides is 2. The van der Waals surface area contributed by atoms with Crippen molar-refractivity contribution in [1.29, 1.82) is 0 Å². The second kappa shape index (κ2) is 5.70. The summed E-state index contributed by atoms with van der Waals surface area (Å²) in [5, 5.41) is 2.86. The summed E-state index contributed by atoms with van der Waals surface area (Å²) in [4.78, 5) is 30.6. The van der Waals surface area contributed by atoms with Gasteiger partial charge in [0.25, 0.3) is 5.92 Å². The Morgan fingerprint density at radius 2 is 2.12 bits per heavy atom. The van der Waals surface area contributed by atoms with Crippen LogP contribution in [0.1, 0.15) is 18.9 Å². The predicted molar refractivity (Wildman–Crippen MR) is 88.6 cm³/mol. The molecule has 1 saturated carbocycles. The monoisotopic (exact) mass is 365 g/mol. The number of pyridine rings is 1. The number of nitrogens with zero attached hydrogens (tertiary/aromatic N) is 2. The lowest BCUT2D eigenvalue weighted by Crippen LogP contribution is -2.39. The first kappa shape index (κ1) is 17.3. The number of carbonyl (C=O) groups excluding carboxylic acids is 2. The molecule has 0 unspecified atom stereocenters. The Labute approximate surface area is 149 Å². The van der Waals surface area contributed by atoms with Crippen molar-refractivity contribution in [2.24, 2.45) is 17.3 Å². The number of aryl methyl sites for hydroxylation is 1. The lowest BCUT2D eigenvalue weighted by atomic mass is 9.92. The fraction of sp³-hybridized carbons (Fsp3) is 0.611. The summed E-state index contributed by atoms with van der Waals surface area (Å²) in [7, 11) is 0. The summed E-state index contributed by atoms with van der Waals surface area (Å²) >= 11 is 0. The van der Waals surface area contributed by atoms with E-state index in [-0.39, 0.29) is 37.6 Å². The number of rotatable bonds is 3. The van der Waals surface area contributed by atoms with Crippen LogP contribution in [0.25, 0.3) is 0 Å². The van der Waals surface area contributed by atoms with Gasteiger partial charge < -0.3 is 15.0 Å². The number of nitrogens with one attached hydrogen (secondary N) is 1. The fourth-order valence-corrected chi connectivity index (χ4v) is 3.95. The van der Waals surface area contributed by atoms with E-state index in [4.69, 9.17) is 4.74 Å². The maximum absolute atomic E-state index is 13.5. The standard InChI is InChI=1S/C18H21F2N3O3/c1-10-3-4-21-5-13(10)22-15(24)12-8-26-14-7-23(6-11(12)14)16(25)17(2)9-18(17,19)20/h3-5,11-12,14H,6-9H2,1-2H3,(H,22,24)/t11-,12+,14-,17+/m0/s1. The highest BCUT2D eigenvalue weighted by Gasteiger charge is 2.73. The van der Waals surface area contributed by atoms with Crippen LogP contribution in [0.5, 0.6) is 0 Å². The minimum Gasteiger partial charge on any atom is -0.375 e. The topological polar surface area (TPSA) is 71.5 Å². The fourth-order valence-electron chi connectivity index (χ4n) is 3.95. The molecule has 0 bridgehead atoms. The SMILES string of the molecule is Cc1ccncc1NC(=O)[C@@H]1CO[C@H]2CN(C(=O)[C@@]3(C)CC3(F)F)C[C@H]21. The Morgan fingerprint density at radius 3 is 2.77 bits per heavy atom. The van der Waals surface area contributed by atoms with E-state index in [1.54, 1.807) is 18.5 Å². The van der Waals surface area contributed by atoms with E-state index >= 15 is 0 Å². The van der Waals surface area contributed by atoms with Crippen molar-refractivity contribution in [3.63, 3.8) is 0 Å². The molecule has 1 aromatic rings. The molecule has 2 amide bonds. The molecule has 1 aliphatic carbocycles. The van der Waals surface area contributed by atoms with Gasteiger partial charge in [-0.05, 0) is 25.5 Å². The van der Waals surface area contributed by atoms with E-state index in [9.17, 15) is 18.4 Å². The van der Waals surface area contributed by atoms with Crippen LogP contribution in [0, 0.1) is 24.2 Å². The smallest absolute Gasteiger partial charge is 0.263 e. The quantitative estimate of drug-likeness (QED) is 0.887. The van der Waals surface area contributed by atoms with Crippen LogP contribution >= 0.6 is 0 Å². The van der Waals surface area contributed by atoms with Crippen LogP contribution in [0.3, 0.4) is 0 Å². The van der Waals surface area contributed by atoms with E-state index in [1.165, 1.54) is 11.8 Å². The van der Waals surface area contributed by atoms with Gasteiger partial charge in [-0.1, -0.05) is 0 Å². The molecule has 3 fully saturated rings. The van der Waals surface area contributed by atoms with Crippen molar-refractivity contribution >= 4 is 17.5 Å². The second-order valence-corrected chi connectivity index (χ2v) is 7.75. The molecule has 26 heavy (non-hydrogen) atoms. The van der Waals surface area contributed by atoms with Gasteiger partial charge in [-0.2, -0.15) is 0 Å². The van der Waals surface area contributed by atoms with Gasteiger partial charge in [0.2, 0.25) is 11.8 Å². The Kier molecular flexibility index (Phi) is 3.80. The zero-order chi connectivity index (χ0) is 18.7. The van der Waals surface area contributed by atoms with E-state index < -0.39 is 29.6 Å². The number of aromatic nitrogens is 1. The number of carbonyl (C=O) groups is 2. The highest BCUT2D eigenvalue weighted by Crippen LogP contribution is 2.61. The molecule has 0 radical (unpaired) electrons. The molecular formula is C18H21F2N3O3. The minimum absolute atomic E-state index is 0.174. The van der Waals surface area contributed by atoms with E-state index in [0.717, 1.165) is 5.56 Å². The first-order chi connectivity index (χ1) is 12.2. The third-order valence-corrected chi connectivity index (χ3v) is 5.97. The summed E-state index contributed by atoms with van der Waals surface area (Å²) in [5.41, 5.74) is -0.0658. The maximum Gasteiger partial charge on any atom is 0.263 e. The third kappa shape index (κ3) is 2.58. The Hall–Kier alpha value is -2.09. The Morgan fingerprint density at radius 1 is 1.38 bits per heavy atom. The molecule has 0 aromatic carbocycles. The summed E-state index contributed by atoms with van der Waals surface area (Å²) in [6, 6.07) is 1.80. The van der Waals surface area contributed by atoms with Crippen molar-refractivity contribution in [2.75, 3.05) is 25.0 Å². The lowest BCUT2D eigenvalue weighted by Gasteiger charge is -2.23. The van der Waals surface area contributed by atoms with Crippen molar-refractivity contribution in [1.82, 2.24) is 9.88 Å². The molecule has 3 heterocycles. The number of anilines is 1. The van der Waals surface area contributed by atoms with Crippen LogP contribution in [0.15, 0.2) is 18.5 Å². The highest BCUT2D eigenvalue weighted by molar-refractivity contribution is 5.94. The first-order valence-electron chi connectivity index (χ1n) is 8.73. The average Bonchev–Trinajstić information content (AvgIpc) is 2.94. The van der Waals surface area contributed by atoms with Gasteiger partial charge >= 0.3 is 0 Å². The second-order valence-electron chi connectivity index (χ2n) is 7.75. The van der Waals surface area contributed by atoms with Gasteiger partial charge in [0.15, 0.2) is 0 Å². The molecule has 8 heteroatoms. The Balaban J connectivity index is 1.43. The minimum atomic E-state index is -2.93. The van der Waals surface area contributed by atoms with Crippen LogP contribution < -0.4 is 5.32 Å². The van der Waals surface area contributed by atoms with Crippen molar-refractivity contribution in [3.05, 3.63) is 24.0 Å². The molecule has 1 aromatic heterocycles. The highest BCUT2D eigenvalue weighted by atomic mass is 19.3. The van der Waals surface area contributed by atoms with Gasteiger partial charge in [-0.3, -0.25) is 14.6 Å². The maximum atomic E-state index is 13.5. The molecule has 6 nitrogen and oxygen atoms in total. The summed E-state index contributed by atoms with van der Waals surface area (Å²) in [6.45, 7) is 4.00. The molecule has 4 rings (SSSR count). The number of likely N-dealkylation sites (tertiary alicyclic amines) is 1. The Bertz CT molecular complexity index is 772. The van der Waals surface area contributed by atoms with Gasteiger partial charge in [0.05, 0.1) is 30.5 Å². The summed E-state index contributed by atoms with van der Waals surface area (Å²) in [5.74, 6) is -4.25. The van der Waals surface area contributed by atoms with Gasteiger partial charge in [-0.25, -0.2) is 8.78 Å². The summed E-state index contributed by atoms with van der Waals surface area (Å²) < 4.78 is 32.7. The zero-order valence-corrected chi connectivity index (χ0v) is 14.7. The largest absolute Gasteiger partial charge is 0.375 e. The van der Waals surface area contributed by atoms with Crippen LogP contribution in [-0.4, -0.2) is 53.4 Å².